The average Bonchev–Trinajstić information content (AvgIpc) is 2.58. The summed E-state index contributed by atoms with van der Waals surface area (Å²) in [6, 6.07) is 0. The van der Waals surface area contributed by atoms with Gasteiger partial charge in [0, 0.05) is 11.8 Å². The lowest BCUT2D eigenvalue weighted by atomic mass is 9.90. The van der Waals surface area contributed by atoms with E-state index in [0.29, 0.717) is 17.6 Å². The molecule has 0 spiro atoms. The second-order valence-electron chi connectivity index (χ2n) is 3.48. The van der Waals surface area contributed by atoms with E-state index in [0.717, 1.165) is 12.3 Å². The number of Topliss-reactive ketones (excluding diaryl/α,β-unsaturated/α-hetero) is 1. The van der Waals surface area contributed by atoms with Gasteiger partial charge in [-0.3, -0.25) is 4.79 Å². The predicted molar refractivity (Wildman–Crippen MR) is 35.0 cm³/mol. The zero-order chi connectivity index (χ0) is 6.43. The lowest BCUT2D eigenvalue weighted by molar-refractivity contribution is -0.125. The van der Waals surface area contributed by atoms with Crippen molar-refractivity contribution in [3.63, 3.8) is 0 Å². The van der Waals surface area contributed by atoms with Crippen molar-refractivity contribution in [1.82, 2.24) is 0 Å². The normalized spacial score (nSPS) is 48.6. The van der Waals surface area contributed by atoms with Gasteiger partial charge in [-0.2, -0.15) is 0 Å². The largest absolute Gasteiger partial charge is 0.299 e. The van der Waals surface area contributed by atoms with Crippen LogP contribution in [0.5, 0.6) is 0 Å². The molecule has 1 unspecified atom stereocenters. The monoisotopic (exact) mass is 124 g/mol. The number of carbonyl (C=O) groups is 1. The van der Waals surface area contributed by atoms with E-state index in [2.05, 4.69) is 6.92 Å². The molecule has 0 aromatic rings. The Bertz CT molecular complexity index is 147. The predicted octanol–water partition coefficient (Wildman–Crippen LogP) is 1.62. The second kappa shape index (κ2) is 1.59. The van der Waals surface area contributed by atoms with Crippen LogP contribution in [0.15, 0.2) is 0 Å². The zero-order valence-corrected chi connectivity index (χ0v) is 5.76. The van der Waals surface area contributed by atoms with E-state index in [1.165, 1.54) is 12.8 Å². The van der Waals surface area contributed by atoms with Crippen LogP contribution in [0.3, 0.4) is 0 Å². The molecular formula is C8H12O. The Hall–Kier alpha value is -0.330. The Kier molecular flexibility index (Phi) is 0.961. The van der Waals surface area contributed by atoms with Crippen LogP contribution in [0.2, 0.25) is 0 Å². The van der Waals surface area contributed by atoms with Crippen LogP contribution in [0.1, 0.15) is 26.2 Å². The third-order valence-corrected chi connectivity index (χ3v) is 2.74. The molecule has 1 heteroatoms. The van der Waals surface area contributed by atoms with Crippen LogP contribution in [0, 0.1) is 17.8 Å². The van der Waals surface area contributed by atoms with Crippen molar-refractivity contribution in [2.75, 3.05) is 0 Å². The first-order valence-corrected chi connectivity index (χ1v) is 3.83. The Balaban J connectivity index is 2.10. The van der Waals surface area contributed by atoms with Crippen molar-refractivity contribution in [2.24, 2.45) is 17.8 Å². The van der Waals surface area contributed by atoms with Gasteiger partial charge < -0.3 is 0 Å². The second-order valence-corrected chi connectivity index (χ2v) is 3.48. The lowest BCUT2D eigenvalue weighted by Crippen LogP contribution is -2.18. The number of hydrogen-bond donors (Lipinski definition) is 0. The van der Waals surface area contributed by atoms with E-state index >= 15 is 0 Å². The number of hydrogen-bond acceptors (Lipinski definition) is 1. The van der Waals surface area contributed by atoms with Gasteiger partial charge in [0.05, 0.1) is 0 Å². The molecule has 0 N–H and O–H groups in total. The molecule has 0 amide bonds. The smallest absolute Gasteiger partial charge is 0.139 e. The summed E-state index contributed by atoms with van der Waals surface area (Å²) in [6.07, 6.45) is 3.68. The van der Waals surface area contributed by atoms with E-state index in [9.17, 15) is 4.79 Å². The van der Waals surface area contributed by atoms with E-state index < -0.39 is 0 Å². The maximum atomic E-state index is 11.2. The number of carbonyl (C=O) groups excluding carboxylic acids is 1. The molecule has 2 aliphatic carbocycles. The van der Waals surface area contributed by atoms with Crippen LogP contribution >= 0.6 is 0 Å². The molecule has 3 atom stereocenters. The quantitative estimate of drug-likeness (QED) is 0.479. The summed E-state index contributed by atoms with van der Waals surface area (Å²) in [5, 5.41) is 0. The first-order valence-electron chi connectivity index (χ1n) is 3.83. The average molecular weight is 124 g/mol. The lowest BCUT2D eigenvalue weighted by Gasteiger charge is -2.14. The molecular weight excluding hydrogens is 112 g/mol. The maximum absolute atomic E-state index is 11.2. The molecule has 2 rings (SSSR count). The molecule has 2 aliphatic rings. The topological polar surface area (TPSA) is 17.1 Å². The van der Waals surface area contributed by atoms with Gasteiger partial charge >= 0.3 is 0 Å². The number of rotatable bonds is 0. The van der Waals surface area contributed by atoms with Crippen molar-refractivity contribution < 1.29 is 4.79 Å². The Labute approximate surface area is 55.4 Å². The summed E-state index contributed by atoms with van der Waals surface area (Å²) in [4.78, 5) is 11.2. The molecule has 0 aromatic heterocycles. The highest BCUT2D eigenvalue weighted by molar-refractivity contribution is 5.86. The molecule has 0 saturated heterocycles. The summed E-state index contributed by atoms with van der Waals surface area (Å²) in [5.74, 6) is 2.25. The molecule has 1 nitrogen and oxygen atoms in total. The van der Waals surface area contributed by atoms with E-state index in [-0.39, 0.29) is 0 Å². The summed E-state index contributed by atoms with van der Waals surface area (Å²) in [7, 11) is 0. The van der Waals surface area contributed by atoms with Crippen LogP contribution in [0.4, 0.5) is 0 Å². The van der Waals surface area contributed by atoms with Crippen molar-refractivity contribution in [3.05, 3.63) is 0 Å². The molecule has 0 aromatic carbocycles. The standard InChI is InChI=1S/C8H12O/c1-5-2-3-6-4-7(6)8(5)9/h5-7H,2-4H2,1H3/t5?,6-,7+/m1/s1. The molecule has 0 bridgehead atoms. The number of fused-ring (bicyclic) bond motifs is 1. The third-order valence-electron chi connectivity index (χ3n) is 2.74. The number of ketones is 1. The summed E-state index contributed by atoms with van der Waals surface area (Å²) in [6.45, 7) is 2.07. The highest BCUT2D eigenvalue weighted by Gasteiger charge is 2.47. The van der Waals surface area contributed by atoms with E-state index in [1.807, 2.05) is 0 Å². The molecule has 0 radical (unpaired) electrons. The fourth-order valence-electron chi connectivity index (χ4n) is 1.89. The first kappa shape index (κ1) is 5.45. The van der Waals surface area contributed by atoms with Crippen molar-refractivity contribution in [2.45, 2.75) is 26.2 Å². The fraction of sp³-hybridized carbons (Fsp3) is 0.875. The minimum atomic E-state index is 0.383. The fourth-order valence-corrected chi connectivity index (χ4v) is 1.89. The molecule has 50 valence electrons. The summed E-state index contributed by atoms with van der Waals surface area (Å²) in [5.41, 5.74) is 0. The van der Waals surface area contributed by atoms with Crippen LogP contribution in [-0.4, -0.2) is 5.78 Å². The summed E-state index contributed by atoms with van der Waals surface area (Å²) < 4.78 is 0. The van der Waals surface area contributed by atoms with Gasteiger partial charge in [-0.05, 0) is 25.2 Å². The van der Waals surface area contributed by atoms with Crippen LogP contribution in [0.25, 0.3) is 0 Å². The summed E-state index contributed by atoms with van der Waals surface area (Å²) >= 11 is 0. The first-order chi connectivity index (χ1) is 4.29. The van der Waals surface area contributed by atoms with Gasteiger partial charge in [-0.1, -0.05) is 6.92 Å². The van der Waals surface area contributed by atoms with Crippen LogP contribution < -0.4 is 0 Å². The van der Waals surface area contributed by atoms with Gasteiger partial charge in [0.25, 0.3) is 0 Å². The van der Waals surface area contributed by atoms with Crippen molar-refractivity contribution >= 4 is 5.78 Å². The highest BCUT2D eigenvalue weighted by atomic mass is 16.1. The van der Waals surface area contributed by atoms with Gasteiger partial charge in [-0.25, -0.2) is 0 Å². The van der Waals surface area contributed by atoms with Gasteiger partial charge in [0.1, 0.15) is 5.78 Å². The minimum absolute atomic E-state index is 0.383. The molecule has 2 fully saturated rings. The molecule has 9 heavy (non-hydrogen) atoms. The zero-order valence-electron chi connectivity index (χ0n) is 5.76. The van der Waals surface area contributed by atoms with Gasteiger partial charge in [0.15, 0.2) is 0 Å². The van der Waals surface area contributed by atoms with E-state index in [4.69, 9.17) is 0 Å². The van der Waals surface area contributed by atoms with Crippen molar-refractivity contribution in [3.8, 4) is 0 Å². The Morgan fingerprint density at radius 3 is 2.89 bits per heavy atom. The third kappa shape index (κ3) is 0.707. The maximum Gasteiger partial charge on any atom is 0.139 e. The Morgan fingerprint density at radius 2 is 2.22 bits per heavy atom. The molecule has 0 aliphatic heterocycles. The molecule has 2 saturated carbocycles. The highest BCUT2D eigenvalue weighted by Crippen LogP contribution is 2.48. The SMILES string of the molecule is CC1CC[C@@H]2C[C@@H]2C1=O. The van der Waals surface area contributed by atoms with Gasteiger partial charge in [-0.15, -0.1) is 0 Å². The van der Waals surface area contributed by atoms with Gasteiger partial charge in [0.2, 0.25) is 0 Å². The minimum Gasteiger partial charge on any atom is -0.299 e. The van der Waals surface area contributed by atoms with Crippen molar-refractivity contribution in [1.29, 1.82) is 0 Å². The van der Waals surface area contributed by atoms with E-state index in [1.54, 1.807) is 0 Å². The molecule has 0 heterocycles. The Morgan fingerprint density at radius 1 is 1.44 bits per heavy atom. The van der Waals surface area contributed by atoms with Crippen LogP contribution in [-0.2, 0) is 4.79 Å².